The second-order valence-corrected chi connectivity index (χ2v) is 7.99. The van der Waals surface area contributed by atoms with Gasteiger partial charge in [0.25, 0.3) is 0 Å². The van der Waals surface area contributed by atoms with Crippen LogP contribution in [0.15, 0.2) is 12.1 Å². The molecular formula is C15H26ClNS. The average molecular weight is 288 g/mol. The maximum Gasteiger partial charge on any atom is 0.0931 e. The molecule has 18 heavy (non-hydrogen) atoms. The van der Waals surface area contributed by atoms with E-state index in [1.54, 1.807) is 11.3 Å². The summed E-state index contributed by atoms with van der Waals surface area (Å²) in [7, 11) is 0. The molecule has 0 spiro atoms. The molecule has 1 heterocycles. The van der Waals surface area contributed by atoms with Crippen molar-refractivity contribution in [1.82, 2.24) is 5.32 Å². The van der Waals surface area contributed by atoms with Crippen LogP contribution in [0.5, 0.6) is 0 Å². The molecule has 0 aliphatic rings. The smallest absolute Gasteiger partial charge is 0.0931 e. The summed E-state index contributed by atoms with van der Waals surface area (Å²) in [6, 6.07) is 4.18. The Morgan fingerprint density at radius 1 is 1.17 bits per heavy atom. The zero-order valence-electron chi connectivity index (χ0n) is 12.3. The van der Waals surface area contributed by atoms with Gasteiger partial charge in [0.05, 0.1) is 4.34 Å². The quantitative estimate of drug-likeness (QED) is 0.764. The van der Waals surface area contributed by atoms with Crippen LogP contribution in [0.2, 0.25) is 4.34 Å². The van der Waals surface area contributed by atoms with Gasteiger partial charge in [0.1, 0.15) is 0 Å². The topological polar surface area (TPSA) is 12.0 Å². The van der Waals surface area contributed by atoms with Crippen molar-refractivity contribution < 1.29 is 0 Å². The van der Waals surface area contributed by atoms with Crippen molar-refractivity contribution in [1.29, 1.82) is 0 Å². The third-order valence-electron chi connectivity index (χ3n) is 3.67. The molecule has 0 aromatic carbocycles. The minimum atomic E-state index is 0.183. The number of hydrogen-bond donors (Lipinski definition) is 1. The predicted octanol–water partition coefficient (Wildman–Crippen LogP) is 5.14. The molecule has 0 radical (unpaired) electrons. The molecule has 0 atom stereocenters. The third-order valence-corrected chi connectivity index (χ3v) is 4.90. The Balaban J connectivity index is 2.73. The first-order valence-corrected chi connectivity index (χ1v) is 7.99. The lowest BCUT2D eigenvalue weighted by Gasteiger charge is -2.35. The second kappa shape index (κ2) is 6.40. The molecule has 0 aliphatic carbocycles. The van der Waals surface area contributed by atoms with Gasteiger partial charge in [0.15, 0.2) is 0 Å². The van der Waals surface area contributed by atoms with Crippen LogP contribution in [0.3, 0.4) is 0 Å². The van der Waals surface area contributed by atoms with E-state index >= 15 is 0 Å². The fourth-order valence-electron chi connectivity index (χ4n) is 2.08. The number of halogens is 1. The Bertz CT molecular complexity index is 361. The Kier molecular flexibility index (Phi) is 5.69. The molecule has 3 heteroatoms. The van der Waals surface area contributed by atoms with Crippen molar-refractivity contribution in [2.24, 2.45) is 5.41 Å². The Labute approximate surface area is 121 Å². The van der Waals surface area contributed by atoms with Crippen LogP contribution in [0.1, 0.15) is 52.3 Å². The lowest BCUT2D eigenvalue weighted by atomic mass is 9.78. The molecule has 1 rings (SSSR count). The monoisotopic (exact) mass is 287 g/mol. The Morgan fingerprint density at radius 3 is 2.17 bits per heavy atom. The van der Waals surface area contributed by atoms with Crippen LogP contribution in [-0.4, -0.2) is 12.1 Å². The van der Waals surface area contributed by atoms with E-state index < -0.39 is 0 Å². The maximum atomic E-state index is 6.03. The summed E-state index contributed by atoms with van der Waals surface area (Å²) in [6.45, 7) is 12.3. The molecule has 1 aromatic heterocycles. The van der Waals surface area contributed by atoms with Crippen molar-refractivity contribution in [3.05, 3.63) is 21.3 Å². The molecule has 0 amide bonds. The van der Waals surface area contributed by atoms with E-state index in [1.807, 2.05) is 6.07 Å². The van der Waals surface area contributed by atoms with Gasteiger partial charge in [-0.15, -0.1) is 11.3 Å². The summed E-state index contributed by atoms with van der Waals surface area (Å²) < 4.78 is 0.898. The molecule has 1 aromatic rings. The van der Waals surface area contributed by atoms with Gasteiger partial charge in [-0.05, 0) is 57.6 Å². The first-order chi connectivity index (χ1) is 8.30. The van der Waals surface area contributed by atoms with Gasteiger partial charge in [-0.3, -0.25) is 0 Å². The molecule has 0 aliphatic heterocycles. The molecule has 0 bridgehead atoms. The molecule has 0 saturated heterocycles. The van der Waals surface area contributed by atoms with Gasteiger partial charge in [0, 0.05) is 17.0 Å². The summed E-state index contributed by atoms with van der Waals surface area (Å²) >= 11 is 7.74. The van der Waals surface area contributed by atoms with Crippen LogP contribution in [0, 0.1) is 5.41 Å². The highest BCUT2D eigenvalue weighted by Gasteiger charge is 2.28. The van der Waals surface area contributed by atoms with E-state index in [9.17, 15) is 0 Å². The van der Waals surface area contributed by atoms with Crippen molar-refractivity contribution in [3.8, 4) is 0 Å². The van der Waals surface area contributed by atoms with Crippen molar-refractivity contribution in [3.63, 3.8) is 0 Å². The lowest BCUT2D eigenvalue weighted by molar-refractivity contribution is 0.221. The van der Waals surface area contributed by atoms with Gasteiger partial charge >= 0.3 is 0 Å². The van der Waals surface area contributed by atoms with Gasteiger partial charge < -0.3 is 5.32 Å². The Morgan fingerprint density at radius 2 is 1.78 bits per heavy atom. The summed E-state index contributed by atoms with van der Waals surface area (Å²) in [5, 5.41) is 3.66. The largest absolute Gasteiger partial charge is 0.312 e. The predicted molar refractivity (Wildman–Crippen MR) is 83.8 cm³/mol. The number of thiophene rings is 1. The van der Waals surface area contributed by atoms with E-state index in [0.29, 0.717) is 5.41 Å². The van der Waals surface area contributed by atoms with Gasteiger partial charge in [0.2, 0.25) is 0 Å². The van der Waals surface area contributed by atoms with Crippen LogP contribution in [0.4, 0.5) is 0 Å². The van der Waals surface area contributed by atoms with Gasteiger partial charge in [-0.1, -0.05) is 25.4 Å². The highest BCUT2D eigenvalue weighted by molar-refractivity contribution is 7.16. The van der Waals surface area contributed by atoms with Crippen LogP contribution >= 0.6 is 22.9 Å². The zero-order valence-corrected chi connectivity index (χ0v) is 13.8. The molecular weight excluding hydrogens is 262 g/mol. The first-order valence-electron chi connectivity index (χ1n) is 6.79. The van der Waals surface area contributed by atoms with Crippen LogP contribution in [-0.2, 0) is 6.42 Å². The standard InChI is InChI=1S/C15H26ClNS/c1-6-15(7-2,11-17-14(3,4)5)10-12-8-9-13(16)18-12/h8-9,17H,6-7,10-11H2,1-5H3. The molecule has 0 saturated carbocycles. The normalized spacial score (nSPS) is 13.0. The SMILES string of the molecule is CCC(CC)(CNC(C)(C)C)Cc1ccc(Cl)s1. The lowest BCUT2D eigenvalue weighted by Crippen LogP contribution is -2.44. The highest BCUT2D eigenvalue weighted by atomic mass is 35.5. The molecule has 1 N–H and O–H groups in total. The summed E-state index contributed by atoms with van der Waals surface area (Å²) in [5.74, 6) is 0. The van der Waals surface area contributed by atoms with E-state index in [2.05, 4.69) is 46.0 Å². The first kappa shape index (κ1) is 16.0. The average Bonchev–Trinajstić information content (AvgIpc) is 2.69. The van der Waals surface area contributed by atoms with Crippen molar-refractivity contribution in [2.45, 2.75) is 59.4 Å². The van der Waals surface area contributed by atoms with E-state index in [4.69, 9.17) is 11.6 Å². The molecule has 0 fully saturated rings. The third kappa shape index (κ3) is 4.91. The minimum Gasteiger partial charge on any atom is -0.312 e. The highest BCUT2D eigenvalue weighted by Crippen LogP contribution is 2.34. The zero-order chi connectivity index (χ0) is 13.8. The maximum absolute atomic E-state index is 6.03. The van der Waals surface area contributed by atoms with E-state index in [1.165, 1.54) is 17.7 Å². The summed E-state index contributed by atoms with van der Waals surface area (Å²) in [4.78, 5) is 1.40. The summed E-state index contributed by atoms with van der Waals surface area (Å²) in [6.07, 6.45) is 3.52. The van der Waals surface area contributed by atoms with Gasteiger partial charge in [-0.25, -0.2) is 0 Å². The van der Waals surface area contributed by atoms with E-state index in [0.717, 1.165) is 17.3 Å². The van der Waals surface area contributed by atoms with Crippen molar-refractivity contribution >= 4 is 22.9 Å². The van der Waals surface area contributed by atoms with Crippen LogP contribution in [0.25, 0.3) is 0 Å². The molecule has 0 unspecified atom stereocenters. The fraction of sp³-hybridized carbons (Fsp3) is 0.733. The summed E-state index contributed by atoms with van der Waals surface area (Å²) in [5.41, 5.74) is 0.532. The molecule has 104 valence electrons. The molecule has 1 nitrogen and oxygen atoms in total. The van der Waals surface area contributed by atoms with E-state index in [-0.39, 0.29) is 5.54 Å². The Hall–Kier alpha value is -0.0500. The van der Waals surface area contributed by atoms with Crippen molar-refractivity contribution in [2.75, 3.05) is 6.54 Å². The van der Waals surface area contributed by atoms with Gasteiger partial charge in [-0.2, -0.15) is 0 Å². The number of hydrogen-bond acceptors (Lipinski definition) is 2. The fourth-order valence-corrected chi connectivity index (χ4v) is 3.34. The van der Waals surface area contributed by atoms with Crippen LogP contribution < -0.4 is 5.32 Å². The number of rotatable bonds is 6. The number of nitrogens with one attached hydrogen (secondary N) is 1. The minimum absolute atomic E-state index is 0.183. The second-order valence-electron chi connectivity index (χ2n) is 6.19.